The van der Waals surface area contributed by atoms with Crippen LogP contribution in [0.4, 0.5) is 4.39 Å². The number of aliphatic imine (C=N–C) groups is 1. The first-order chi connectivity index (χ1) is 20.6. The molecule has 3 aliphatic rings. The fraction of sp³-hybridized carbons (Fsp3) is 0.452. The molecular formula is C31H34FN7O2S. The lowest BCUT2D eigenvalue weighted by molar-refractivity contribution is -0.0305. The molecule has 3 aliphatic heterocycles. The van der Waals surface area contributed by atoms with E-state index in [-0.39, 0.29) is 6.10 Å². The summed E-state index contributed by atoms with van der Waals surface area (Å²) in [6.07, 6.45) is 6.76. The quantitative estimate of drug-likeness (QED) is 0.236. The number of aromatic nitrogens is 3. The molecule has 9 nitrogen and oxygen atoms in total. The molecule has 2 saturated heterocycles. The minimum atomic E-state index is -0.955. The first kappa shape index (κ1) is 27.3. The summed E-state index contributed by atoms with van der Waals surface area (Å²) in [5.41, 5.74) is 3.63. The van der Waals surface area contributed by atoms with Crippen molar-refractivity contribution in [3.05, 3.63) is 59.2 Å². The molecule has 0 saturated carbocycles. The molecule has 218 valence electrons. The van der Waals surface area contributed by atoms with Gasteiger partial charge in [0.25, 0.3) is 0 Å². The number of ether oxygens (including phenoxy) is 2. The average Bonchev–Trinajstić information content (AvgIpc) is 3.76. The van der Waals surface area contributed by atoms with Crippen LogP contribution in [0.2, 0.25) is 0 Å². The van der Waals surface area contributed by atoms with Crippen LogP contribution in [0.25, 0.3) is 27.3 Å². The Kier molecular flexibility index (Phi) is 7.55. The van der Waals surface area contributed by atoms with Crippen LogP contribution in [0.3, 0.4) is 0 Å². The SMILES string of the molecule is Cc1nn2ccc(OCCN3CCC(F)CC3)cc2c1-c1nc(-c2ccccc2)c(C2(C3CCCCO3)N=CN=N2)s1. The van der Waals surface area contributed by atoms with Gasteiger partial charge in [0.15, 0.2) is 0 Å². The number of halogens is 1. The average molecular weight is 588 g/mol. The molecule has 0 N–H and O–H groups in total. The number of fused-ring (bicyclic) bond motifs is 1. The van der Waals surface area contributed by atoms with Crippen LogP contribution < -0.4 is 4.74 Å². The number of benzene rings is 1. The van der Waals surface area contributed by atoms with E-state index < -0.39 is 11.8 Å². The van der Waals surface area contributed by atoms with Gasteiger partial charge in [0, 0.05) is 44.1 Å². The van der Waals surface area contributed by atoms with Gasteiger partial charge in [-0.1, -0.05) is 30.3 Å². The van der Waals surface area contributed by atoms with Crippen molar-refractivity contribution in [3.63, 3.8) is 0 Å². The molecule has 0 aliphatic carbocycles. The predicted molar refractivity (Wildman–Crippen MR) is 161 cm³/mol. The third-order valence-electron chi connectivity index (χ3n) is 8.34. The van der Waals surface area contributed by atoms with Crippen molar-refractivity contribution in [1.82, 2.24) is 19.5 Å². The van der Waals surface area contributed by atoms with Crippen LogP contribution in [-0.2, 0) is 10.4 Å². The molecule has 1 aromatic carbocycles. The summed E-state index contributed by atoms with van der Waals surface area (Å²) >= 11 is 1.58. The molecular weight excluding hydrogens is 553 g/mol. The fourth-order valence-electron chi connectivity index (χ4n) is 6.09. The van der Waals surface area contributed by atoms with Gasteiger partial charge >= 0.3 is 0 Å². The summed E-state index contributed by atoms with van der Waals surface area (Å²) in [5.74, 6) is 0.769. The molecule has 0 radical (unpaired) electrons. The zero-order valence-corrected chi connectivity index (χ0v) is 24.5. The van der Waals surface area contributed by atoms with E-state index in [1.54, 1.807) is 11.3 Å². The number of alkyl halides is 1. The molecule has 3 aromatic heterocycles. The summed E-state index contributed by atoms with van der Waals surface area (Å²) in [6.45, 7) is 5.58. The van der Waals surface area contributed by atoms with Crippen molar-refractivity contribution < 1.29 is 13.9 Å². The highest BCUT2D eigenvalue weighted by Crippen LogP contribution is 2.49. The maximum atomic E-state index is 13.5. The normalized spacial score (nSPS) is 23.2. The minimum Gasteiger partial charge on any atom is -0.492 e. The second kappa shape index (κ2) is 11.6. The first-order valence-electron chi connectivity index (χ1n) is 14.7. The number of hydrogen-bond donors (Lipinski definition) is 0. The molecule has 2 fully saturated rings. The van der Waals surface area contributed by atoms with Crippen molar-refractivity contribution in [2.45, 2.75) is 57.0 Å². The summed E-state index contributed by atoms with van der Waals surface area (Å²) in [6, 6.07) is 14.1. The number of likely N-dealkylation sites (tertiary alicyclic amines) is 1. The standard InChI is InChI=1S/C31H34FN7O2S/c1-21-27(25-19-24(12-15-39(25)36-21)40-18-16-38-13-10-23(32)11-14-38)30-35-28(22-7-3-2-4-8-22)29(42-30)31(33-20-34-37-31)26-9-5-6-17-41-26/h2-4,7-8,12,15,19-20,23,26H,5-6,9-11,13-14,16-18H2,1H3. The Morgan fingerprint density at radius 1 is 1.12 bits per heavy atom. The Hall–Kier alpha value is -3.54. The molecule has 0 spiro atoms. The zero-order valence-electron chi connectivity index (χ0n) is 23.7. The fourth-order valence-corrected chi connectivity index (χ4v) is 7.41. The monoisotopic (exact) mass is 587 g/mol. The highest BCUT2D eigenvalue weighted by Gasteiger charge is 2.48. The second-order valence-corrected chi connectivity index (χ2v) is 12.1. The Morgan fingerprint density at radius 2 is 1.98 bits per heavy atom. The third kappa shape index (κ3) is 5.14. The predicted octanol–water partition coefficient (Wildman–Crippen LogP) is 6.46. The van der Waals surface area contributed by atoms with E-state index in [0.717, 1.165) is 82.6 Å². The molecule has 2 atom stereocenters. The smallest absolute Gasteiger partial charge is 0.234 e. The first-order valence-corrected chi connectivity index (χ1v) is 15.5. The molecule has 0 amide bonds. The van der Waals surface area contributed by atoms with Crippen molar-refractivity contribution in [2.24, 2.45) is 15.2 Å². The van der Waals surface area contributed by atoms with Gasteiger partial charge in [-0.05, 0) is 45.1 Å². The number of aryl methyl sites for hydroxylation is 1. The van der Waals surface area contributed by atoms with E-state index in [4.69, 9.17) is 29.7 Å². The van der Waals surface area contributed by atoms with Crippen LogP contribution in [0.1, 0.15) is 42.7 Å². The van der Waals surface area contributed by atoms with Gasteiger partial charge in [-0.25, -0.2) is 18.9 Å². The van der Waals surface area contributed by atoms with Crippen LogP contribution in [0, 0.1) is 6.92 Å². The Bertz CT molecular complexity index is 1590. The highest BCUT2D eigenvalue weighted by molar-refractivity contribution is 7.15. The lowest BCUT2D eigenvalue weighted by Gasteiger charge is -2.33. The van der Waals surface area contributed by atoms with E-state index in [0.29, 0.717) is 26.1 Å². The van der Waals surface area contributed by atoms with Gasteiger partial charge in [0.1, 0.15) is 36.0 Å². The van der Waals surface area contributed by atoms with E-state index in [1.165, 1.54) is 6.34 Å². The number of hydrogen-bond acceptors (Lipinski definition) is 9. The number of azo groups is 1. The number of rotatable bonds is 8. The van der Waals surface area contributed by atoms with E-state index in [2.05, 4.69) is 22.1 Å². The number of nitrogens with zero attached hydrogens (tertiary/aromatic N) is 7. The van der Waals surface area contributed by atoms with Crippen molar-refractivity contribution in [1.29, 1.82) is 0 Å². The largest absolute Gasteiger partial charge is 0.492 e. The maximum absolute atomic E-state index is 13.5. The van der Waals surface area contributed by atoms with E-state index >= 15 is 0 Å². The molecule has 4 aromatic rings. The maximum Gasteiger partial charge on any atom is 0.234 e. The van der Waals surface area contributed by atoms with E-state index in [1.807, 2.05) is 48.0 Å². The highest BCUT2D eigenvalue weighted by atomic mass is 32.1. The molecule has 0 bridgehead atoms. The Balaban J connectivity index is 1.25. The van der Waals surface area contributed by atoms with Crippen molar-refractivity contribution in [2.75, 3.05) is 32.8 Å². The lowest BCUT2D eigenvalue weighted by Crippen LogP contribution is -2.39. The van der Waals surface area contributed by atoms with Gasteiger partial charge in [0.05, 0.1) is 27.3 Å². The topological polar surface area (TPSA) is 89.0 Å². The van der Waals surface area contributed by atoms with Crippen molar-refractivity contribution in [3.8, 4) is 27.6 Å². The summed E-state index contributed by atoms with van der Waals surface area (Å²) in [5, 5.41) is 14.6. The number of piperidine rings is 1. The Morgan fingerprint density at radius 3 is 2.74 bits per heavy atom. The van der Waals surface area contributed by atoms with Gasteiger partial charge in [-0.2, -0.15) is 5.10 Å². The second-order valence-electron chi connectivity index (χ2n) is 11.1. The molecule has 6 heterocycles. The van der Waals surface area contributed by atoms with Crippen molar-refractivity contribution >= 4 is 23.2 Å². The van der Waals surface area contributed by atoms with Crippen LogP contribution >= 0.6 is 11.3 Å². The molecule has 7 rings (SSSR count). The van der Waals surface area contributed by atoms with Gasteiger partial charge < -0.3 is 9.47 Å². The molecule has 42 heavy (non-hydrogen) atoms. The number of thiazole rings is 1. The summed E-state index contributed by atoms with van der Waals surface area (Å²) < 4.78 is 27.8. The van der Waals surface area contributed by atoms with Gasteiger partial charge in [-0.3, -0.25) is 4.90 Å². The molecule has 2 unspecified atom stereocenters. The number of pyridine rings is 1. The van der Waals surface area contributed by atoms with E-state index in [9.17, 15) is 4.39 Å². The van der Waals surface area contributed by atoms with Gasteiger partial charge in [0.2, 0.25) is 5.66 Å². The van der Waals surface area contributed by atoms with Crippen LogP contribution in [0.15, 0.2) is 63.9 Å². The third-order valence-corrected chi connectivity index (χ3v) is 9.53. The summed E-state index contributed by atoms with van der Waals surface area (Å²) in [4.78, 5) is 13.3. The lowest BCUT2D eigenvalue weighted by atomic mass is 9.93. The van der Waals surface area contributed by atoms with Gasteiger partial charge in [-0.15, -0.1) is 21.6 Å². The van der Waals surface area contributed by atoms with Crippen LogP contribution in [0.5, 0.6) is 5.75 Å². The van der Waals surface area contributed by atoms with Crippen LogP contribution in [-0.4, -0.2) is 71.0 Å². The molecule has 11 heteroatoms. The minimum absolute atomic E-state index is 0.204. The Labute approximate surface area is 248 Å². The zero-order chi connectivity index (χ0) is 28.5. The summed E-state index contributed by atoms with van der Waals surface area (Å²) in [7, 11) is 0.